The summed E-state index contributed by atoms with van der Waals surface area (Å²) in [6.45, 7) is 2.03. The van der Waals surface area contributed by atoms with Crippen LogP contribution in [0.15, 0.2) is 36.4 Å². The van der Waals surface area contributed by atoms with Gasteiger partial charge in [0.25, 0.3) is 0 Å². The van der Waals surface area contributed by atoms with Crippen molar-refractivity contribution < 1.29 is 23.6 Å². The van der Waals surface area contributed by atoms with Gasteiger partial charge >= 0.3 is 0 Å². The second kappa shape index (κ2) is 9.35. The Morgan fingerprint density at radius 1 is 1.04 bits per heavy atom. The van der Waals surface area contributed by atoms with E-state index in [1.54, 1.807) is 24.3 Å². The Morgan fingerprint density at radius 3 is 2.15 bits per heavy atom. The molecule has 0 heterocycles. The number of rotatable bonds is 9. The molecule has 0 aliphatic carbocycles. The minimum atomic E-state index is -0.235. The summed E-state index contributed by atoms with van der Waals surface area (Å²) in [5, 5.41) is 0. The van der Waals surface area contributed by atoms with Gasteiger partial charge in [-0.15, -0.1) is 0 Å². The Kier molecular flexibility index (Phi) is 7.16. The lowest BCUT2D eigenvalue weighted by atomic mass is 9.94. The van der Waals surface area contributed by atoms with E-state index in [0.717, 1.165) is 18.4 Å². The zero-order valence-corrected chi connectivity index (χ0v) is 16.3. The van der Waals surface area contributed by atoms with Gasteiger partial charge in [0, 0.05) is 17.7 Å². The topological polar surface area (TPSA) is 61.8 Å². The molecule has 0 aliphatic rings. The smallest absolute Gasteiger partial charge is 0.200 e. The molecule has 138 valence electrons. The molecular formula is C20H23O5P. The molecule has 26 heavy (non-hydrogen) atoms. The van der Waals surface area contributed by atoms with Crippen LogP contribution in [0.2, 0.25) is 0 Å². The first-order valence-electron chi connectivity index (χ1n) is 8.37. The molecule has 0 saturated carbocycles. The fourth-order valence-corrected chi connectivity index (χ4v) is 3.60. The predicted octanol–water partition coefficient (Wildman–Crippen LogP) is 5.08. The van der Waals surface area contributed by atoms with Gasteiger partial charge in [-0.25, -0.2) is 0 Å². The summed E-state index contributed by atoms with van der Waals surface area (Å²) in [7, 11) is 4.52. The van der Waals surface area contributed by atoms with E-state index in [1.807, 2.05) is 19.1 Å². The van der Waals surface area contributed by atoms with Gasteiger partial charge in [0.1, 0.15) is 22.8 Å². The first kappa shape index (κ1) is 19.9. The fourth-order valence-electron chi connectivity index (χ4n) is 2.90. The van der Waals surface area contributed by atoms with E-state index >= 15 is 0 Å². The molecule has 2 aromatic carbocycles. The second-order valence-electron chi connectivity index (χ2n) is 5.73. The molecule has 5 nitrogen and oxygen atoms in total. The average molecular weight is 374 g/mol. The number of ketones is 1. The zero-order valence-electron chi connectivity index (χ0n) is 15.4. The molecule has 2 rings (SSSR count). The van der Waals surface area contributed by atoms with Gasteiger partial charge in [0.2, 0.25) is 5.78 Å². The third-order valence-corrected chi connectivity index (χ3v) is 4.99. The molecule has 0 radical (unpaired) electrons. The van der Waals surface area contributed by atoms with Crippen LogP contribution in [-0.2, 0) is 4.57 Å². The van der Waals surface area contributed by atoms with Gasteiger partial charge in [0.05, 0.1) is 27.0 Å². The highest BCUT2D eigenvalue weighted by Gasteiger charge is 2.26. The van der Waals surface area contributed by atoms with Gasteiger partial charge in [-0.05, 0) is 12.0 Å². The summed E-state index contributed by atoms with van der Waals surface area (Å²) in [6.07, 6.45) is 1.60. The van der Waals surface area contributed by atoms with Crippen LogP contribution < -0.4 is 14.2 Å². The molecule has 0 aliphatic heterocycles. The second-order valence-corrected chi connectivity index (χ2v) is 6.57. The number of methoxy groups -OCH3 is 3. The van der Waals surface area contributed by atoms with Crippen LogP contribution in [0.5, 0.6) is 17.2 Å². The minimum absolute atomic E-state index is 0.00191. The Hall–Kier alpha value is -2.39. The van der Waals surface area contributed by atoms with Gasteiger partial charge in [-0.2, -0.15) is 0 Å². The monoisotopic (exact) mass is 374 g/mol. The highest BCUT2D eigenvalue weighted by Crippen LogP contribution is 2.39. The van der Waals surface area contributed by atoms with Gasteiger partial charge < -0.3 is 14.2 Å². The standard InChI is InChI=1S/C20H23O5P/c1-5-8-18(26-22)14-9-6-7-10-15(14)20(21)19-16(24-3)11-13(23-2)12-17(19)25-4/h6-7,9-12,18H,5,8H2,1-4H3. The summed E-state index contributed by atoms with van der Waals surface area (Å²) < 4.78 is 27.7. The number of hydrogen-bond donors (Lipinski definition) is 0. The normalized spacial score (nSPS) is 11.8. The van der Waals surface area contributed by atoms with Gasteiger partial charge in [0.15, 0.2) is 8.46 Å². The average Bonchev–Trinajstić information content (AvgIpc) is 2.70. The Morgan fingerprint density at radius 2 is 1.65 bits per heavy atom. The largest absolute Gasteiger partial charge is 0.496 e. The summed E-state index contributed by atoms with van der Waals surface area (Å²) in [6, 6.07) is 10.5. The van der Waals surface area contributed by atoms with E-state index in [-0.39, 0.29) is 19.9 Å². The van der Waals surface area contributed by atoms with Crippen molar-refractivity contribution in [1.82, 2.24) is 0 Å². The van der Waals surface area contributed by atoms with E-state index in [9.17, 15) is 9.36 Å². The van der Waals surface area contributed by atoms with Crippen LogP contribution >= 0.6 is 8.46 Å². The van der Waals surface area contributed by atoms with Crippen LogP contribution in [0.1, 0.15) is 46.9 Å². The van der Waals surface area contributed by atoms with Crippen LogP contribution in [0.3, 0.4) is 0 Å². The molecule has 0 fully saturated rings. The fraction of sp³-hybridized carbons (Fsp3) is 0.350. The summed E-state index contributed by atoms with van der Waals surface area (Å²) in [4.78, 5) is 13.3. The zero-order chi connectivity index (χ0) is 19.1. The number of benzene rings is 2. The van der Waals surface area contributed by atoms with Crippen LogP contribution in [0, 0.1) is 0 Å². The molecule has 1 unspecified atom stereocenters. The molecule has 0 aromatic heterocycles. The van der Waals surface area contributed by atoms with Crippen molar-refractivity contribution >= 4 is 14.2 Å². The quantitative estimate of drug-likeness (QED) is 0.453. The molecule has 1 atom stereocenters. The lowest BCUT2D eigenvalue weighted by Crippen LogP contribution is -2.10. The number of hydrogen-bond acceptors (Lipinski definition) is 5. The highest BCUT2D eigenvalue weighted by molar-refractivity contribution is 7.24. The lowest BCUT2D eigenvalue weighted by molar-refractivity contribution is 0.103. The number of ether oxygens (including phenoxy) is 3. The van der Waals surface area contributed by atoms with Crippen molar-refractivity contribution in [2.24, 2.45) is 0 Å². The van der Waals surface area contributed by atoms with Gasteiger partial charge in [-0.3, -0.25) is 9.36 Å². The van der Waals surface area contributed by atoms with Crippen molar-refractivity contribution in [1.29, 1.82) is 0 Å². The van der Waals surface area contributed by atoms with Crippen molar-refractivity contribution in [2.45, 2.75) is 25.4 Å². The highest BCUT2D eigenvalue weighted by atomic mass is 31.1. The third-order valence-electron chi connectivity index (χ3n) is 4.20. The first-order chi connectivity index (χ1) is 12.6. The van der Waals surface area contributed by atoms with E-state index < -0.39 is 0 Å². The predicted molar refractivity (Wildman–Crippen MR) is 101 cm³/mol. The maximum atomic E-state index is 13.3. The SMILES string of the molecule is CCCC(P=O)c1ccccc1C(=O)c1c(OC)cc(OC)cc1OC. The van der Waals surface area contributed by atoms with E-state index in [1.165, 1.54) is 21.3 Å². The Bertz CT molecular complexity index is 763. The van der Waals surface area contributed by atoms with E-state index in [0.29, 0.717) is 28.4 Å². The summed E-state index contributed by atoms with van der Waals surface area (Å²) >= 11 is 0. The van der Waals surface area contributed by atoms with Crippen LogP contribution in [0.25, 0.3) is 0 Å². The molecule has 0 amide bonds. The minimum Gasteiger partial charge on any atom is -0.496 e. The molecule has 6 heteroatoms. The Balaban J connectivity index is 2.62. The maximum absolute atomic E-state index is 13.3. The molecular weight excluding hydrogens is 351 g/mol. The molecule has 0 bridgehead atoms. The summed E-state index contributed by atoms with van der Waals surface area (Å²) in [5.41, 5.74) is 1.35. The van der Waals surface area contributed by atoms with Crippen LogP contribution in [-0.4, -0.2) is 27.1 Å². The molecule has 2 aromatic rings. The number of carbonyl (C=O) groups excluding carboxylic acids is 1. The summed E-state index contributed by atoms with van der Waals surface area (Å²) in [5.74, 6) is 1.03. The van der Waals surface area contributed by atoms with E-state index in [4.69, 9.17) is 14.2 Å². The Labute approximate surface area is 155 Å². The van der Waals surface area contributed by atoms with Crippen molar-refractivity contribution in [3.05, 3.63) is 53.1 Å². The molecule has 0 N–H and O–H groups in total. The van der Waals surface area contributed by atoms with Crippen molar-refractivity contribution in [2.75, 3.05) is 21.3 Å². The van der Waals surface area contributed by atoms with Crippen LogP contribution in [0.4, 0.5) is 0 Å². The molecule has 0 spiro atoms. The van der Waals surface area contributed by atoms with Crippen molar-refractivity contribution in [3.8, 4) is 17.2 Å². The first-order valence-corrected chi connectivity index (χ1v) is 9.25. The lowest BCUT2D eigenvalue weighted by Gasteiger charge is -2.17. The third kappa shape index (κ3) is 4.05. The number of carbonyl (C=O) groups is 1. The maximum Gasteiger partial charge on any atom is 0.200 e. The van der Waals surface area contributed by atoms with Gasteiger partial charge in [-0.1, -0.05) is 37.6 Å². The molecule has 0 saturated heterocycles. The van der Waals surface area contributed by atoms with Crippen molar-refractivity contribution in [3.63, 3.8) is 0 Å². The van der Waals surface area contributed by atoms with E-state index in [2.05, 4.69) is 0 Å².